The van der Waals surface area contributed by atoms with E-state index in [9.17, 15) is 0 Å². The molecule has 2 aromatic rings. The molecule has 0 spiro atoms. The van der Waals surface area contributed by atoms with Crippen molar-refractivity contribution in [3.05, 3.63) is 27.2 Å². The van der Waals surface area contributed by atoms with Crippen LogP contribution in [0.4, 0.5) is 0 Å². The van der Waals surface area contributed by atoms with Crippen molar-refractivity contribution >= 4 is 41.3 Å². The number of thiazole rings is 1. The zero-order valence-electron chi connectivity index (χ0n) is 18.0. The number of likely N-dealkylation sites (N-methyl/N-ethyl adjacent to an activating group) is 1. The smallest absolute Gasteiger partial charge is 0.192 e. The zero-order chi connectivity index (χ0) is 20.1. The number of hydrogen-bond acceptors (Lipinski definition) is 6. The molecule has 0 aliphatic carbocycles. The van der Waals surface area contributed by atoms with E-state index in [2.05, 4.69) is 51.5 Å². The Labute approximate surface area is 194 Å². The first-order valence-electron chi connectivity index (χ1n) is 10.0. The summed E-state index contributed by atoms with van der Waals surface area (Å²) in [6, 6.07) is 0.568. The van der Waals surface area contributed by atoms with Crippen molar-refractivity contribution in [2.45, 2.75) is 59.7 Å². The summed E-state index contributed by atoms with van der Waals surface area (Å²) in [6.45, 7) is 12.7. The van der Waals surface area contributed by atoms with Gasteiger partial charge in [-0.25, -0.2) is 9.98 Å². The first-order valence-corrected chi connectivity index (χ1v) is 10.8. The van der Waals surface area contributed by atoms with E-state index in [-0.39, 0.29) is 24.0 Å². The fourth-order valence-corrected chi connectivity index (χ4v) is 4.32. The summed E-state index contributed by atoms with van der Waals surface area (Å²) in [4.78, 5) is 13.2. The monoisotopic (exact) mass is 532 g/mol. The molecule has 0 amide bonds. The molecule has 0 saturated carbocycles. The highest BCUT2D eigenvalue weighted by atomic mass is 127. The molecular weight excluding hydrogens is 499 g/mol. The van der Waals surface area contributed by atoms with Gasteiger partial charge in [0, 0.05) is 24.5 Å². The van der Waals surface area contributed by atoms with Crippen molar-refractivity contribution < 1.29 is 0 Å². The van der Waals surface area contributed by atoms with Crippen LogP contribution in [0.25, 0.3) is 0 Å². The van der Waals surface area contributed by atoms with Crippen molar-refractivity contribution in [1.82, 2.24) is 35.3 Å². The fraction of sp³-hybridized carbons (Fsp3) is 0.684. The molecule has 0 radical (unpaired) electrons. The lowest BCUT2D eigenvalue weighted by molar-refractivity contribution is 0.267. The van der Waals surface area contributed by atoms with E-state index in [1.54, 1.807) is 11.3 Å². The zero-order valence-corrected chi connectivity index (χ0v) is 21.2. The quantitative estimate of drug-likeness (QED) is 0.324. The van der Waals surface area contributed by atoms with E-state index in [0.717, 1.165) is 41.4 Å². The lowest BCUT2D eigenvalue weighted by Gasteiger charge is -2.24. The minimum atomic E-state index is 0. The van der Waals surface area contributed by atoms with Gasteiger partial charge in [0.05, 0.1) is 12.2 Å². The van der Waals surface area contributed by atoms with Gasteiger partial charge in [-0.15, -0.1) is 45.5 Å². The lowest BCUT2D eigenvalue weighted by atomic mass is 10.2. The number of guanidine groups is 1. The highest BCUT2D eigenvalue weighted by molar-refractivity contribution is 14.0. The molecule has 8 nitrogen and oxygen atoms in total. The van der Waals surface area contributed by atoms with E-state index in [0.29, 0.717) is 19.1 Å². The number of likely N-dealkylation sites (tertiary alicyclic amines) is 1. The van der Waals surface area contributed by atoms with Crippen molar-refractivity contribution in [2.24, 2.45) is 12.0 Å². The van der Waals surface area contributed by atoms with Crippen molar-refractivity contribution in [3.8, 4) is 0 Å². The number of nitrogens with zero attached hydrogens (tertiary/aromatic N) is 6. The van der Waals surface area contributed by atoms with Crippen LogP contribution >= 0.6 is 35.3 Å². The van der Waals surface area contributed by atoms with Gasteiger partial charge in [0.25, 0.3) is 0 Å². The molecule has 1 unspecified atom stereocenters. The maximum Gasteiger partial charge on any atom is 0.192 e. The highest BCUT2D eigenvalue weighted by Gasteiger charge is 2.22. The summed E-state index contributed by atoms with van der Waals surface area (Å²) in [5.41, 5.74) is 1.10. The van der Waals surface area contributed by atoms with E-state index in [1.165, 1.54) is 24.3 Å². The van der Waals surface area contributed by atoms with Gasteiger partial charge in [-0.05, 0) is 46.7 Å². The molecule has 10 heteroatoms. The Bertz CT molecular complexity index is 796. The molecule has 1 saturated heterocycles. The number of nitrogens with one attached hydrogen (secondary N) is 2. The Balaban J connectivity index is 0.00000300. The van der Waals surface area contributed by atoms with Crippen LogP contribution in [0, 0.1) is 20.8 Å². The molecule has 29 heavy (non-hydrogen) atoms. The first-order chi connectivity index (χ1) is 13.5. The highest BCUT2D eigenvalue weighted by Crippen LogP contribution is 2.17. The van der Waals surface area contributed by atoms with E-state index < -0.39 is 0 Å². The van der Waals surface area contributed by atoms with Gasteiger partial charge < -0.3 is 15.2 Å². The molecule has 3 rings (SSSR count). The Morgan fingerprint density at radius 1 is 1.24 bits per heavy atom. The van der Waals surface area contributed by atoms with Gasteiger partial charge in [-0.3, -0.25) is 4.90 Å². The normalized spacial score (nSPS) is 17.4. The number of hydrogen-bond donors (Lipinski definition) is 2. The summed E-state index contributed by atoms with van der Waals surface area (Å²) in [5, 5.41) is 16.4. The van der Waals surface area contributed by atoms with Crippen LogP contribution in [0.15, 0.2) is 4.99 Å². The third-order valence-corrected chi connectivity index (χ3v) is 6.52. The predicted molar refractivity (Wildman–Crippen MR) is 129 cm³/mol. The van der Waals surface area contributed by atoms with Crippen molar-refractivity contribution in [2.75, 3.05) is 19.6 Å². The SMILES string of the molecule is CCN1CCCC1CNC(=NCc1nnc(C)n1C)NCc1nc(C)c(C)s1.I. The molecule has 2 aromatic heterocycles. The van der Waals surface area contributed by atoms with Gasteiger partial charge >= 0.3 is 0 Å². The summed E-state index contributed by atoms with van der Waals surface area (Å²) in [5.74, 6) is 2.55. The molecule has 162 valence electrons. The summed E-state index contributed by atoms with van der Waals surface area (Å²) >= 11 is 1.73. The van der Waals surface area contributed by atoms with Crippen LogP contribution in [0.1, 0.15) is 47.0 Å². The molecule has 0 aromatic carbocycles. The molecule has 2 N–H and O–H groups in total. The van der Waals surface area contributed by atoms with E-state index >= 15 is 0 Å². The molecular formula is C19H33IN8S. The molecule has 3 heterocycles. The summed E-state index contributed by atoms with van der Waals surface area (Å²) < 4.78 is 1.98. The Kier molecular flexibility index (Phi) is 9.28. The van der Waals surface area contributed by atoms with Crippen LogP contribution in [0.3, 0.4) is 0 Å². The average molecular weight is 533 g/mol. The van der Waals surface area contributed by atoms with Crippen molar-refractivity contribution in [1.29, 1.82) is 0 Å². The van der Waals surface area contributed by atoms with Crippen LogP contribution in [0.5, 0.6) is 0 Å². The molecule has 0 bridgehead atoms. The second kappa shape index (κ2) is 11.2. The largest absolute Gasteiger partial charge is 0.355 e. The number of aliphatic imine (C=N–C) groups is 1. The first kappa shape index (κ1) is 24.0. The van der Waals surface area contributed by atoms with E-state index in [1.807, 2.05) is 18.5 Å². The molecule has 1 atom stereocenters. The van der Waals surface area contributed by atoms with Crippen LogP contribution in [-0.2, 0) is 20.1 Å². The van der Waals surface area contributed by atoms with Gasteiger partial charge in [0.2, 0.25) is 0 Å². The van der Waals surface area contributed by atoms with Crippen LogP contribution < -0.4 is 10.6 Å². The Morgan fingerprint density at radius 2 is 2.03 bits per heavy atom. The third kappa shape index (κ3) is 6.35. The minimum Gasteiger partial charge on any atom is -0.355 e. The van der Waals surface area contributed by atoms with Gasteiger partial charge in [-0.2, -0.15) is 0 Å². The van der Waals surface area contributed by atoms with Gasteiger partial charge in [0.1, 0.15) is 17.4 Å². The standard InChI is InChI=1S/C19H32N8S.HI/c1-6-27-9-7-8-16(27)10-20-19(21-11-17-25-24-15(4)26(17)5)22-12-18-23-13(2)14(3)28-18;/h16H,6-12H2,1-5H3,(H2,20,21,22);1H. The number of aromatic nitrogens is 4. The minimum absolute atomic E-state index is 0. The van der Waals surface area contributed by atoms with Crippen LogP contribution in [-0.4, -0.2) is 56.3 Å². The molecule has 1 fully saturated rings. The fourth-order valence-electron chi connectivity index (χ4n) is 3.44. The maximum absolute atomic E-state index is 4.75. The number of aryl methyl sites for hydroxylation is 3. The van der Waals surface area contributed by atoms with Crippen molar-refractivity contribution in [3.63, 3.8) is 0 Å². The summed E-state index contributed by atoms with van der Waals surface area (Å²) in [6.07, 6.45) is 2.51. The van der Waals surface area contributed by atoms with Gasteiger partial charge in [0.15, 0.2) is 11.8 Å². The average Bonchev–Trinajstić information content (AvgIpc) is 3.36. The van der Waals surface area contributed by atoms with E-state index in [4.69, 9.17) is 4.99 Å². The second-order valence-corrected chi connectivity index (χ2v) is 8.58. The number of halogens is 1. The lowest BCUT2D eigenvalue weighted by Crippen LogP contribution is -2.44. The topological polar surface area (TPSA) is 83.3 Å². The van der Waals surface area contributed by atoms with Crippen LogP contribution in [0.2, 0.25) is 0 Å². The molecule has 1 aliphatic rings. The Morgan fingerprint density at radius 3 is 2.66 bits per heavy atom. The third-order valence-electron chi connectivity index (χ3n) is 5.45. The Hall–Kier alpha value is -1.27. The molecule has 1 aliphatic heterocycles. The maximum atomic E-state index is 4.75. The van der Waals surface area contributed by atoms with Gasteiger partial charge in [-0.1, -0.05) is 6.92 Å². The summed E-state index contributed by atoms with van der Waals surface area (Å²) in [7, 11) is 1.97. The second-order valence-electron chi connectivity index (χ2n) is 7.30. The predicted octanol–water partition coefficient (Wildman–Crippen LogP) is 2.53. The number of rotatable bonds is 7.